The maximum atomic E-state index is 5.77. The van der Waals surface area contributed by atoms with Gasteiger partial charge in [0.1, 0.15) is 5.69 Å². The third-order valence-electron chi connectivity index (χ3n) is 4.52. The smallest absolute Gasteiger partial charge is 0.131 e. The quantitative estimate of drug-likeness (QED) is 0.815. The molecule has 2 aliphatic rings. The van der Waals surface area contributed by atoms with Crippen molar-refractivity contribution in [2.24, 2.45) is 5.92 Å². The van der Waals surface area contributed by atoms with Crippen LogP contribution in [0.3, 0.4) is 0 Å². The van der Waals surface area contributed by atoms with Crippen molar-refractivity contribution in [3.05, 3.63) is 29.6 Å². The standard InChI is InChI=1S/C19H22N4O/c1-14-10-16(8-7-15-5-6-15)11-20-19(14)18-13-23(22-21-18)12-17-4-2-3-9-24-17/h10-11,13,15,17H,2-6,9,12H2,1H3/t17-/m1/s1. The van der Waals surface area contributed by atoms with Gasteiger partial charge in [0.05, 0.1) is 24.5 Å². The van der Waals surface area contributed by atoms with Gasteiger partial charge in [-0.25, -0.2) is 4.68 Å². The fourth-order valence-corrected chi connectivity index (χ4v) is 2.98. The van der Waals surface area contributed by atoms with E-state index < -0.39 is 0 Å². The van der Waals surface area contributed by atoms with E-state index in [9.17, 15) is 0 Å². The molecule has 124 valence electrons. The second-order valence-corrected chi connectivity index (χ2v) is 6.75. The van der Waals surface area contributed by atoms with Crippen molar-refractivity contribution in [1.29, 1.82) is 0 Å². The Hall–Kier alpha value is -2.19. The summed E-state index contributed by atoms with van der Waals surface area (Å²) in [5, 5.41) is 8.52. The highest BCUT2D eigenvalue weighted by atomic mass is 16.5. The minimum absolute atomic E-state index is 0.252. The van der Waals surface area contributed by atoms with Crippen LogP contribution in [0.4, 0.5) is 0 Å². The molecular formula is C19H22N4O. The first-order valence-electron chi connectivity index (χ1n) is 8.78. The maximum Gasteiger partial charge on any atom is 0.131 e. The number of rotatable bonds is 3. The van der Waals surface area contributed by atoms with Crippen LogP contribution in [0.1, 0.15) is 43.2 Å². The van der Waals surface area contributed by atoms with E-state index in [2.05, 4.69) is 33.2 Å². The predicted octanol–water partition coefficient (Wildman–Crippen LogP) is 2.98. The summed E-state index contributed by atoms with van der Waals surface area (Å²) in [5.74, 6) is 7.09. The van der Waals surface area contributed by atoms with Crippen molar-refractivity contribution < 1.29 is 4.74 Å². The van der Waals surface area contributed by atoms with Crippen LogP contribution in [0.5, 0.6) is 0 Å². The van der Waals surface area contributed by atoms with Crippen LogP contribution in [0.25, 0.3) is 11.4 Å². The molecule has 2 aromatic rings. The molecule has 5 heteroatoms. The maximum absolute atomic E-state index is 5.77. The summed E-state index contributed by atoms with van der Waals surface area (Å²) in [6, 6.07) is 2.08. The lowest BCUT2D eigenvalue weighted by Crippen LogP contribution is -2.24. The highest BCUT2D eigenvalue weighted by Crippen LogP contribution is 2.27. The minimum atomic E-state index is 0.252. The molecule has 1 saturated carbocycles. The number of pyridine rings is 1. The van der Waals surface area contributed by atoms with Crippen molar-refractivity contribution in [2.45, 2.75) is 51.7 Å². The lowest BCUT2D eigenvalue weighted by Gasteiger charge is -2.21. The van der Waals surface area contributed by atoms with Crippen molar-refractivity contribution in [3.63, 3.8) is 0 Å². The Kier molecular flexibility index (Phi) is 4.31. The molecule has 0 bridgehead atoms. The SMILES string of the molecule is Cc1cc(C#CC2CC2)cnc1-c1cn(C[C@H]2CCCCO2)nn1. The van der Waals surface area contributed by atoms with Gasteiger partial charge in [0, 0.05) is 24.3 Å². The van der Waals surface area contributed by atoms with Gasteiger partial charge in [0.15, 0.2) is 0 Å². The lowest BCUT2D eigenvalue weighted by molar-refractivity contribution is 0.00370. The average molecular weight is 322 g/mol. The zero-order chi connectivity index (χ0) is 16.4. The van der Waals surface area contributed by atoms with Crippen LogP contribution in [-0.4, -0.2) is 32.7 Å². The molecule has 1 atom stereocenters. The third-order valence-corrected chi connectivity index (χ3v) is 4.52. The van der Waals surface area contributed by atoms with E-state index in [0.29, 0.717) is 5.92 Å². The Balaban J connectivity index is 1.48. The molecule has 2 fully saturated rings. The Labute approximate surface area is 142 Å². The topological polar surface area (TPSA) is 52.8 Å². The Morgan fingerprint density at radius 1 is 1.29 bits per heavy atom. The van der Waals surface area contributed by atoms with E-state index >= 15 is 0 Å². The number of aryl methyl sites for hydroxylation is 1. The summed E-state index contributed by atoms with van der Waals surface area (Å²) in [7, 11) is 0. The minimum Gasteiger partial charge on any atom is -0.376 e. The molecule has 3 heterocycles. The van der Waals surface area contributed by atoms with E-state index in [1.807, 2.05) is 24.0 Å². The van der Waals surface area contributed by atoms with Crippen molar-refractivity contribution in [2.75, 3.05) is 6.61 Å². The summed E-state index contributed by atoms with van der Waals surface area (Å²) >= 11 is 0. The molecule has 0 unspecified atom stereocenters. The van der Waals surface area contributed by atoms with Crippen LogP contribution in [0.2, 0.25) is 0 Å². The van der Waals surface area contributed by atoms with E-state index in [-0.39, 0.29) is 6.10 Å². The van der Waals surface area contributed by atoms with E-state index in [1.54, 1.807) is 0 Å². The van der Waals surface area contributed by atoms with Gasteiger partial charge in [-0.3, -0.25) is 4.98 Å². The fourth-order valence-electron chi connectivity index (χ4n) is 2.98. The summed E-state index contributed by atoms with van der Waals surface area (Å²) in [5.41, 5.74) is 3.75. The van der Waals surface area contributed by atoms with Crippen molar-refractivity contribution in [1.82, 2.24) is 20.0 Å². The fraction of sp³-hybridized carbons (Fsp3) is 0.526. The van der Waals surface area contributed by atoms with Crippen LogP contribution >= 0.6 is 0 Å². The van der Waals surface area contributed by atoms with Crippen LogP contribution in [0, 0.1) is 24.7 Å². The highest BCUT2D eigenvalue weighted by Gasteiger charge is 2.18. The molecule has 0 N–H and O–H groups in total. The van der Waals surface area contributed by atoms with Gasteiger partial charge in [-0.05, 0) is 50.7 Å². The first-order chi connectivity index (χ1) is 11.8. The summed E-state index contributed by atoms with van der Waals surface area (Å²) in [6.45, 7) is 3.67. The van der Waals surface area contributed by atoms with E-state index in [4.69, 9.17) is 4.74 Å². The molecule has 1 saturated heterocycles. The Bertz CT molecular complexity index is 776. The van der Waals surface area contributed by atoms with Crippen LogP contribution in [0.15, 0.2) is 18.5 Å². The predicted molar refractivity (Wildman–Crippen MR) is 91.2 cm³/mol. The largest absolute Gasteiger partial charge is 0.376 e. The zero-order valence-corrected chi connectivity index (χ0v) is 14.0. The van der Waals surface area contributed by atoms with Gasteiger partial charge >= 0.3 is 0 Å². The number of ether oxygens (including phenoxy) is 1. The monoisotopic (exact) mass is 322 g/mol. The van der Waals surface area contributed by atoms with Crippen LogP contribution < -0.4 is 0 Å². The molecule has 5 nitrogen and oxygen atoms in total. The second kappa shape index (κ2) is 6.74. The molecule has 0 aromatic carbocycles. The van der Waals surface area contributed by atoms with Crippen molar-refractivity contribution >= 4 is 0 Å². The molecular weight excluding hydrogens is 300 g/mol. The van der Waals surface area contributed by atoms with E-state index in [1.165, 1.54) is 19.3 Å². The first kappa shape index (κ1) is 15.3. The second-order valence-electron chi connectivity index (χ2n) is 6.75. The summed E-state index contributed by atoms with van der Waals surface area (Å²) in [4.78, 5) is 4.56. The van der Waals surface area contributed by atoms with Gasteiger partial charge in [0.2, 0.25) is 0 Å². The summed E-state index contributed by atoms with van der Waals surface area (Å²) in [6.07, 6.45) is 10.0. The van der Waals surface area contributed by atoms with Crippen molar-refractivity contribution in [3.8, 4) is 23.2 Å². The van der Waals surface area contributed by atoms with E-state index in [0.717, 1.165) is 48.5 Å². The highest BCUT2D eigenvalue weighted by molar-refractivity contribution is 5.58. The number of aromatic nitrogens is 4. The van der Waals surface area contributed by atoms with Gasteiger partial charge in [0.25, 0.3) is 0 Å². The number of hydrogen-bond acceptors (Lipinski definition) is 4. The average Bonchev–Trinajstić information content (AvgIpc) is 3.32. The molecule has 4 rings (SSSR count). The van der Waals surface area contributed by atoms with Gasteiger partial charge < -0.3 is 4.74 Å². The molecule has 24 heavy (non-hydrogen) atoms. The third kappa shape index (κ3) is 3.65. The number of hydrogen-bond donors (Lipinski definition) is 0. The lowest BCUT2D eigenvalue weighted by atomic mass is 10.1. The molecule has 0 amide bonds. The molecule has 0 spiro atoms. The zero-order valence-electron chi connectivity index (χ0n) is 14.0. The Morgan fingerprint density at radius 2 is 2.21 bits per heavy atom. The molecule has 1 aliphatic heterocycles. The summed E-state index contributed by atoms with van der Waals surface area (Å²) < 4.78 is 7.64. The van der Waals surface area contributed by atoms with Gasteiger partial charge in [-0.1, -0.05) is 17.1 Å². The molecule has 0 radical (unpaired) electrons. The van der Waals surface area contributed by atoms with Crippen LogP contribution in [-0.2, 0) is 11.3 Å². The first-order valence-corrected chi connectivity index (χ1v) is 8.78. The molecule has 2 aromatic heterocycles. The Morgan fingerprint density at radius 3 is 2.96 bits per heavy atom. The number of nitrogens with zero attached hydrogens (tertiary/aromatic N) is 4. The molecule has 1 aliphatic carbocycles. The van der Waals surface area contributed by atoms with Gasteiger partial charge in [-0.15, -0.1) is 5.10 Å². The van der Waals surface area contributed by atoms with Gasteiger partial charge in [-0.2, -0.15) is 0 Å². The normalized spacial score (nSPS) is 20.5.